The van der Waals surface area contributed by atoms with Crippen LogP contribution in [-0.2, 0) is 6.54 Å². The third-order valence-electron chi connectivity index (χ3n) is 3.15. The smallest absolute Gasteiger partial charge is 0.0237 e. The molecule has 1 heterocycles. The van der Waals surface area contributed by atoms with Crippen LogP contribution in [0.15, 0.2) is 24.3 Å². The van der Waals surface area contributed by atoms with Gasteiger partial charge in [-0.3, -0.25) is 4.90 Å². The number of halogens is 1. The topological polar surface area (TPSA) is 3.24 Å². The minimum absolute atomic E-state index is 0.741. The second-order valence-corrected chi connectivity index (χ2v) is 5.06. The lowest BCUT2D eigenvalue weighted by molar-refractivity contribution is 0.265. The van der Waals surface area contributed by atoms with Crippen LogP contribution in [0.2, 0.25) is 0 Å². The maximum Gasteiger partial charge on any atom is 0.0237 e. The maximum atomic E-state index is 3.60. The van der Waals surface area contributed by atoms with Crippen molar-refractivity contribution in [3.8, 4) is 0 Å². The van der Waals surface area contributed by atoms with Gasteiger partial charge in [-0.2, -0.15) is 0 Å². The molecule has 2 heteroatoms. The molecule has 0 bridgehead atoms. The van der Waals surface area contributed by atoms with Crippen LogP contribution in [-0.4, -0.2) is 22.8 Å². The normalized spacial score (nSPS) is 22.1. The predicted octanol–water partition coefficient (Wildman–Crippen LogP) is 3.35. The molecule has 0 aliphatic carbocycles. The molecule has 0 saturated carbocycles. The Balaban J connectivity index is 2.02. The van der Waals surface area contributed by atoms with E-state index >= 15 is 0 Å². The van der Waals surface area contributed by atoms with Crippen LogP contribution in [0.4, 0.5) is 0 Å². The summed E-state index contributed by atoms with van der Waals surface area (Å²) >= 11 is 3.60. The molecule has 0 spiro atoms. The monoisotopic (exact) mass is 267 g/mol. The van der Waals surface area contributed by atoms with Gasteiger partial charge in [-0.05, 0) is 31.9 Å². The molecule has 2 rings (SSSR count). The van der Waals surface area contributed by atoms with Gasteiger partial charge in [-0.25, -0.2) is 0 Å². The van der Waals surface area contributed by atoms with Crippen molar-refractivity contribution in [1.29, 1.82) is 0 Å². The largest absolute Gasteiger partial charge is 0.295 e. The van der Waals surface area contributed by atoms with Crippen LogP contribution in [0.1, 0.15) is 24.0 Å². The first-order chi connectivity index (χ1) is 7.29. The Morgan fingerprint density at radius 3 is 3.07 bits per heavy atom. The van der Waals surface area contributed by atoms with Gasteiger partial charge in [0.15, 0.2) is 0 Å². The molecule has 0 radical (unpaired) electrons. The molecule has 1 aliphatic heterocycles. The van der Waals surface area contributed by atoms with Crippen LogP contribution in [0.3, 0.4) is 0 Å². The average Bonchev–Trinajstić information content (AvgIpc) is 2.65. The van der Waals surface area contributed by atoms with E-state index in [1.54, 1.807) is 0 Å². The molecule has 1 unspecified atom stereocenters. The molecule has 1 aliphatic rings. The van der Waals surface area contributed by atoms with Gasteiger partial charge in [0.05, 0.1) is 0 Å². The average molecular weight is 268 g/mol. The molecule has 1 fully saturated rings. The Bertz CT molecular complexity index is 324. The van der Waals surface area contributed by atoms with Gasteiger partial charge in [-0.15, -0.1) is 0 Å². The fourth-order valence-electron chi connectivity index (χ4n) is 2.32. The van der Waals surface area contributed by atoms with E-state index < -0.39 is 0 Å². The molecule has 0 amide bonds. The predicted molar refractivity (Wildman–Crippen MR) is 68.4 cm³/mol. The van der Waals surface area contributed by atoms with Crippen molar-refractivity contribution < 1.29 is 0 Å². The van der Waals surface area contributed by atoms with Gasteiger partial charge < -0.3 is 0 Å². The van der Waals surface area contributed by atoms with Crippen molar-refractivity contribution in [3.63, 3.8) is 0 Å². The molecular weight excluding hydrogens is 250 g/mol. The Morgan fingerprint density at radius 1 is 1.47 bits per heavy atom. The van der Waals surface area contributed by atoms with Gasteiger partial charge >= 0.3 is 0 Å². The zero-order valence-corrected chi connectivity index (χ0v) is 10.8. The molecule has 0 N–H and O–H groups in total. The molecule has 15 heavy (non-hydrogen) atoms. The number of aryl methyl sites for hydroxylation is 1. The number of rotatable bonds is 3. The number of hydrogen-bond acceptors (Lipinski definition) is 1. The van der Waals surface area contributed by atoms with Crippen molar-refractivity contribution in [2.24, 2.45) is 0 Å². The zero-order chi connectivity index (χ0) is 10.7. The summed E-state index contributed by atoms with van der Waals surface area (Å²) in [6.07, 6.45) is 2.69. The Labute approximate surface area is 101 Å². The number of alkyl halides is 1. The summed E-state index contributed by atoms with van der Waals surface area (Å²) in [5, 5.41) is 1.11. The fourth-order valence-corrected chi connectivity index (χ4v) is 3.06. The molecule has 1 aromatic rings. The number of hydrogen-bond donors (Lipinski definition) is 0. The van der Waals surface area contributed by atoms with Crippen LogP contribution < -0.4 is 0 Å². The van der Waals surface area contributed by atoms with Crippen LogP contribution in [0, 0.1) is 6.92 Å². The van der Waals surface area contributed by atoms with Gasteiger partial charge in [0, 0.05) is 17.9 Å². The zero-order valence-electron chi connectivity index (χ0n) is 9.25. The summed E-state index contributed by atoms with van der Waals surface area (Å²) in [6, 6.07) is 9.59. The van der Waals surface area contributed by atoms with Crippen LogP contribution in [0.5, 0.6) is 0 Å². The third kappa shape index (κ3) is 2.82. The Hall–Kier alpha value is -0.340. The van der Waals surface area contributed by atoms with Crippen molar-refractivity contribution >= 4 is 15.9 Å². The van der Waals surface area contributed by atoms with E-state index in [4.69, 9.17) is 0 Å². The molecule has 1 atom stereocenters. The highest BCUT2D eigenvalue weighted by Crippen LogP contribution is 2.21. The van der Waals surface area contributed by atoms with Crippen LogP contribution in [0.25, 0.3) is 0 Å². The minimum atomic E-state index is 0.741. The lowest BCUT2D eigenvalue weighted by atomic mass is 10.1. The van der Waals surface area contributed by atoms with E-state index in [1.165, 1.54) is 30.5 Å². The second-order valence-electron chi connectivity index (χ2n) is 4.41. The first kappa shape index (κ1) is 11.2. The number of nitrogens with zero attached hydrogens (tertiary/aromatic N) is 1. The Kier molecular flexibility index (Phi) is 3.81. The van der Waals surface area contributed by atoms with E-state index in [2.05, 4.69) is 52.0 Å². The molecule has 82 valence electrons. The van der Waals surface area contributed by atoms with E-state index in [0.29, 0.717) is 0 Å². The SMILES string of the molecule is Cc1cccc(CN2CCCC2CBr)c1. The summed E-state index contributed by atoms with van der Waals surface area (Å²) < 4.78 is 0. The van der Waals surface area contributed by atoms with Gasteiger partial charge in [0.2, 0.25) is 0 Å². The molecule has 1 aromatic carbocycles. The van der Waals surface area contributed by atoms with Crippen molar-refractivity contribution in [2.45, 2.75) is 32.4 Å². The summed E-state index contributed by atoms with van der Waals surface area (Å²) in [5.41, 5.74) is 2.81. The van der Waals surface area contributed by atoms with E-state index in [1.807, 2.05) is 0 Å². The van der Waals surface area contributed by atoms with Gasteiger partial charge in [0.25, 0.3) is 0 Å². The molecule has 1 nitrogen and oxygen atoms in total. The van der Waals surface area contributed by atoms with Crippen LogP contribution >= 0.6 is 15.9 Å². The lowest BCUT2D eigenvalue weighted by Crippen LogP contribution is -2.29. The highest BCUT2D eigenvalue weighted by atomic mass is 79.9. The highest BCUT2D eigenvalue weighted by molar-refractivity contribution is 9.09. The first-order valence-corrected chi connectivity index (χ1v) is 6.77. The lowest BCUT2D eigenvalue weighted by Gasteiger charge is -2.22. The standard InChI is InChI=1S/C13H18BrN/c1-11-4-2-5-12(8-11)10-15-7-3-6-13(15)9-14/h2,4-5,8,13H,3,6-7,9-10H2,1H3. The Morgan fingerprint density at radius 2 is 2.33 bits per heavy atom. The summed E-state index contributed by atoms with van der Waals surface area (Å²) in [4.78, 5) is 2.59. The summed E-state index contributed by atoms with van der Waals surface area (Å²) in [6.45, 7) is 4.53. The fraction of sp³-hybridized carbons (Fsp3) is 0.538. The molecular formula is C13H18BrN. The van der Waals surface area contributed by atoms with E-state index in [-0.39, 0.29) is 0 Å². The molecule has 0 aromatic heterocycles. The molecule has 1 saturated heterocycles. The third-order valence-corrected chi connectivity index (χ3v) is 3.89. The van der Waals surface area contributed by atoms with Gasteiger partial charge in [0.1, 0.15) is 0 Å². The quantitative estimate of drug-likeness (QED) is 0.760. The van der Waals surface area contributed by atoms with Crippen molar-refractivity contribution in [1.82, 2.24) is 4.90 Å². The summed E-state index contributed by atoms with van der Waals surface area (Å²) in [5.74, 6) is 0. The van der Waals surface area contributed by atoms with Crippen molar-refractivity contribution in [3.05, 3.63) is 35.4 Å². The number of likely N-dealkylation sites (tertiary alicyclic amines) is 1. The second kappa shape index (κ2) is 5.13. The minimum Gasteiger partial charge on any atom is -0.295 e. The van der Waals surface area contributed by atoms with E-state index in [9.17, 15) is 0 Å². The first-order valence-electron chi connectivity index (χ1n) is 5.65. The maximum absolute atomic E-state index is 3.60. The van der Waals surface area contributed by atoms with Crippen molar-refractivity contribution in [2.75, 3.05) is 11.9 Å². The van der Waals surface area contributed by atoms with Gasteiger partial charge in [-0.1, -0.05) is 45.8 Å². The summed E-state index contributed by atoms with van der Waals surface area (Å²) in [7, 11) is 0. The van der Waals surface area contributed by atoms with E-state index in [0.717, 1.165) is 17.9 Å². The number of benzene rings is 1. The highest BCUT2D eigenvalue weighted by Gasteiger charge is 2.22.